The van der Waals surface area contributed by atoms with Gasteiger partial charge in [-0.05, 0) is 139 Å². The molecular formula is C58H53N3. The van der Waals surface area contributed by atoms with Crippen molar-refractivity contribution in [2.45, 2.75) is 77.0 Å². The summed E-state index contributed by atoms with van der Waals surface area (Å²) in [5, 5.41) is 2.82. The first-order valence-electron chi connectivity index (χ1n) is 22.8. The third kappa shape index (κ3) is 7.06. The summed E-state index contributed by atoms with van der Waals surface area (Å²) in [5.74, 6) is 0. The molecule has 11 rings (SSSR count). The molecule has 0 saturated heterocycles. The zero-order valence-corrected chi connectivity index (χ0v) is 35.1. The summed E-state index contributed by atoms with van der Waals surface area (Å²) in [4.78, 5) is 2.49. The predicted octanol–water partition coefficient (Wildman–Crippen LogP) is 15.7. The lowest BCUT2D eigenvalue weighted by Crippen LogP contribution is -2.13. The lowest BCUT2D eigenvalue weighted by atomic mass is 9.96. The van der Waals surface area contributed by atoms with Crippen molar-refractivity contribution in [2.75, 3.05) is 4.90 Å². The van der Waals surface area contributed by atoms with Crippen LogP contribution in [-0.4, -0.2) is 9.13 Å². The normalized spacial score (nSPS) is 14.4. The van der Waals surface area contributed by atoms with Gasteiger partial charge in [0.1, 0.15) is 0 Å². The Morgan fingerprint density at radius 3 is 1.13 bits per heavy atom. The van der Waals surface area contributed by atoms with Crippen molar-refractivity contribution in [3.63, 3.8) is 0 Å². The molecule has 0 bridgehead atoms. The maximum absolute atomic E-state index is 2.65. The fraction of sp³-hybridized carbons (Fsp3) is 0.207. The van der Waals surface area contributed by atoms with E-state index in [1.54, 1.807) is 11.1 Å². The number of hydrogen-bond donors (Lipinski definition) is 0. The van der Waals surface area contributed by atoms with E-state index in [1.165, 1.54) is 118 Å². The van der Waals surface area contributed by atoms with Gasteiger partial charge in [-0.15, -0.1) is 0 Å². The van der Waals surface area contributed by atoms with Crippen LogP contribution in [0.3, 0.4) is 0 Å². The number of hydrogen-bond acceptors (Lipinski definition) is 1. The molecule has 2 heterocycles. The largest absolute Gasteiger partial charge is 0.313 e. The molecule has 7 aromatic carbocycles. The van der Waals surface area contributed by atoms with Crippen molar-refractivity contribution in [3.05, 3.63) is 198 Å². The van der Waals surface area contributed by atoms with Crippen LogP contribution in [0.15, 0.2) is 176 Å². The van der Waals surface area contributed by atoms with Gasteiger partial charge in [-0.1, -0.05) is 147 Å². The molecule has 61 heavy (non-hydrogen) atoms. The summed E-state index contributed by atoms with van der Waals surface area (Å²) >= 11 is 0. The molecule has 0 radical (unpaired) electrons. The highest BCUT2D eigenvalue weighted by Gasteiger charge is 2.25. The minimum absolute atomic E-state index is 1.09. The first-order chi connectivity index (χ1) is 30.3. The maximum Gasteiger partial charge on any atom is 0.0534 e. The summed E-state index contributed by atoms with van der Waals surface area (Å²) in [6, 6.07) is 65.7. The number of aromatic nitrogens is 2. The molecule has 0 atom stereocenters. The Morgan fingerprint density at radius 2 is 0.689 bits per heavy atom. The van der Waals surface area contributed by atoms with Gasteiger partial charge < -0.3 is 14.0 Å². The van der Waals surface area contributed by atoms with Gasteiger partial charge in [-0.2, -0.15) is 0 Å². The predicted molar refractivity (Wildman–Crippen MR) is 257 cm³/mol. The summed E-state index contributed by atoms with van der Waals surface area (Å²) in [6.07, 6.45) is 14.6. The molecule has 0 unspecified atom stereocenters. The Kier molecular flexibility index (Phi) is 10.1. The van der Waals surface area contributed by atoms with Crippen LogP contribution in [0.4, 0.5) is 17.1 Å². The Bertz CT molecular complexity index is 2750. The van der Waals surface area contributed by atoms with Crippen molar-refractivity contribution < 1.29 is 0 Å². The number of nitrogens with zero attached hydrogens (tertiary/aromatic N) is 3. The second-order valence-electron chi connectivity index (χ2n) is 17.3. The van der Waals surface area contributed by atoms with Gasteiger partial charge >= 0.3 is 0 Å². The fourth-order valence-electron chi connectivity index (χ4n) is 10.6. The van der Waals surface area contributed by atoms with Gasteiger partial charge in [0.05, 0.1) is 28.1 Å². The molecular weight excluding hydrogens is 739 g/mol. The number of para-hydroxylation sites is 2. The van der Waals surface area contributed by atoms with Crippen LogP contribution in [0.1, 0.15) is 73.9 Å². The first-order valence-corrected chi connectivity index (χ1v) is 22.8. The molecule has 0 fully saturated rings. The Labute approximate surface area is 360 Å². The lowest BCUT2D eigenvalue weighted by Gasteiger charge is -2.28. The van der Waals surface area contributed by atoms with Gasteiger partial charge in [0.2, 0.25) is 0 Å². The average Bonchev–Trinajstić information content (AvgIpc) is 3.77. The van der Waals surface area contributed by atoms with E-state index in [-0.39, 0.29) is 0 Å². The molecule has 0 amide bonds. The van der Waals surface area contributed by atoms with Crippen LogP contribution in [-0.2, 0) is 25.7 Å². The standard InChI is InChI=1S/C58H53N3/c1-3-13-27-55-51(23-11-1)53-25-15-17-29-57(53)60(55)49-39-48(40-50(41-49)61-56-28-14-4-2-12-24-52(56)54-26-16-18-30-58(54)61)59(46-35-31-44(32-36-46)42-19-7-5-8-20-42)47-37-33-45(34-38-47)43-21-9-6-10-22-43/h5-10,15-22,25-26,29-41H,1-4,11-14,23-24,27-28H2. The highest BCUT2D eigenvalue weighted by atomic mass is 15.2. The van der Waals surface area contributed by atoms with Crippen molar-refractivity contribution in [1.29, 1.82) is 0 Å². The molecule has 2 aromatic heterocycles. The topological polar surface area (TPSA) is 13.1 Å². The van der Waals surface area contributed by atoms with E-state index in [2.05, 4.69) is 190 Å². The van der Waals surface area contributed by atoms with Gasteiger partial charge in [0, 0.05) is 33.5 Å². The molecule has 2 aliphatic rings. The minimum atomic E-state index is 1.09. The van der Waals surface area contributed by atoms with Crippen LogP contribution >= 0.6 is 0 Å². The third-order valence-electron chi connectivity index (χ3n) is 13.5. The Balaban J connectivity index is 1.18. The fourth-order valence-corrected chi connectivity index (χ4v) is 10.6. The monoisotopic (exact) mass is 791 g/mol. The van der Waals surface area contributed by atoms with Crippen LogP contribution in [0, 0.1) is 0 Å². The summed E-state index contributed by atoms with van der Waals surface area (Å²) in [6.45, 7) is 0. The Hall–Kier alpha value is -6.58. The molecule has 0 N–H and O–H groups in total. The van der Waals surface area contributed by atoms with Crippen molar-refractivity contribution >= 4 is 38.9 Å². The molecule has 2 aliphatic carbocycles. The van der Waals surface area contributed by atoms with E-state index in [4.69, 9.17) is 0 Å². The van der Waals surface area contributed by atoms with Gasteiger partial charge in [-0.25, -0.2) is 0 Å². The van der Waals surface area contributed by atoms with Gasteiger partial charge in [0.15, 0.2) is 0 Å². The Morgan fingerprint density at radius 1 is 0.311 bits per heavy atom. The molecule has 9 aromatic rings. The van der Waals surface area contributed by atoms with Gasteiger partial charge in [-0.3, -0.25) is 0 Å². The van der Waals surface area contributed by atoms with E-state index >= 15 is 0 Å². The molecule has 300 valence electrons. The van der Waals surface area contributed by atoms with E-state index in [0.717, 1.165) is 42.7 Å². The third-order valence-corrected chi connectivity index (χ3v) is 13.5. The van der Waals surface area contributed by atoms with E-state index in [0.29, 0.717) is 0 Å². The number of benzene rings is 7. The molecule has 3 nitrogen and oxygen atoms in total. The SMILES string of the molecule is c1ccc(-c2ccc(N(c3ccc(-c4ccccc4)cc3)c3cc(-n4c5c(c6ccccc64)CCCCCC5)cc(-n4c5c(c6ccccc64)CCCCCC5)c3)cc2)cc1. The van der Waals surface area contributed by atoms with Crippen LogP contribution in [0.2, 0.25) is 0 Å². The highest BCUT2D eigenvalue weighted by Crippen LogP contribution is 2.43. The van der Waals surface area contributed by atoms with Crippen LogP contribution < -0.4 is 4.90 Å². The number of anilines is 3. The molecule has 3 heteroatoms. The number of fused-ring (bicyclic) bond motifs is 6. The molecule has 0 saturated carbocycles. The van der Waals surface area contributed by atoms with E-state index in [9.17, 15) is 0 Å². The van der Waals surface area contributed by atoms with Gasteiger partial charge in [0.25, 0.3) is 0 Å². The summed E-state index contributed by atoms with van der Waals surface area (Å²) in [5.41, 5.74) is 19.5. The van der Waals surface area contributed by atoms with Crippen LogP contribution in [0.25, 0.3) is 55.4 Å². The number of aryl methyl sites for hydroxylation is 2. The zero-order chi connectivity index (χ0) is 40.5. The second-order valence-corrected chi connectivity index (χ2v) is 17.3. The van der Waals surface area contributed by atoms with Crippen molar-refractivity contribution in [2.24, 2.45) is 0 Å². The van der Waals surface area contributed by atoms with Crippen molar-refractivity contribution in [1.82, 2.24) is 9.13 Å². The minimum Gasteiger partial charge on any atom is -0.313 e. The maximum atomic E-state index is 2.65. The highest BCUT2D eigenvalue weighted by molar-refractivity contribution is 5.91. The quantitative estimate of drug-likeness (QED) is 0.157. The first kappa shape index (κ1) is 37.4. The lowest BCUT2D eigenvalue weighted by molar-refractivity contribution is 0.608. The molecule has 0 aliphatic heterocycles. The van der Waals surface area contributed by atoms with E-state index < -0.39 is 0 Å². The molecule has 0 spiro atoms. The smallest absolute Gasteiger partial charge is 0.0534 e. The summed E-state index contributed by atoms with van der Waals surface area (Å²) < 4.78 is 5.29. The second kappa shape index (κ2) is 16.5. The summed E-state index contributed by atoms with van der Waals surface area (Å²) in [7, 11) is 0. The number of rotatable bonds is 7. The zero-order valence-electron chi connectivity index (χ0n) is 35.1. The average molecular weight is 792 g/mol. The van der Waals surface area contributed by atoms with Crippen molar-refractivity contribution in [3.8, 4) is 33.6 Å². The van der Waals surface area contributed by atoms with E-state index in [1.807, 2.05) is 0 Å². The van der Waals surface area contributed by atoms with Crippen LogP contribution in [0.5, 0.6) is 0 Å².